The molecule has 0 bridgehead atoms. The maximum absolute atomic E-state index is 12.9. The quantitative estimate of drug-likeness (QED) is 0.500. The van der Waals surface area contributed by atoms with Crippen LogP contribution in [0.25, 0.3) is 16.8 Å². The summed E-state index contributed by atoms with van der Waals surface area (Å²) in [6, 6.07) is 21.4. The molecule has 1 heterocycles. The van der Waals surface area contributed by atoms with E-state index < -0.39 is 0 Å². The summed E-state index contributed by atoms with van der Waals surface area (Å²) in [4.78, 5) is 27.1. The van der Waals surface area contributed by atoms with Crippen LogP contribution >= 0.6 is 11.8 Å². The number of carbonyl (C=O) groups is 2. The average molecular weight is 404 g/mol. The molecule has 0 radical (unpaired) electrons. The van der Waals surface area contributed by atoms with E-state index in [4.69, 9.17) is 4.74 Å². The Labute approximate surface area is 174 Å². The van der Waals surface area contributed by atoms with E-state index in [-0.39, 0.29) is 23.8 Å². The van der Waals surface area contributed by atoms with Crippen molar-refractivity contribution in [2.45, 2.75) is 26.5 Å². The summed E-state index contributed by atoms with van der Waals surface area (Å²) in [7, 11) is 0. The minimum atomic E-state index is -0.254. The third-order valence-electron chi connectivity index (χ3n) is 4.63. The fraction of sp³-hybridized carbons (Fsp3) is 0.167. The zero-order valence-corrected chi connectivity index (χ0v) is 17.1. The standard InChI is InChI=1S/C24H21NO3S/c1-16(2)28-20-12-10-17(11-13-20)14-22-23(26)25(24(27)29-22)15-19-8-5-7-18-6-3-4-9-21(18)19/h3-14,16H,15H2,1-2H3/b22-14-. The molecule has 1 saturated heterocycles. The summed E-state index contributed by atoms with van der Waals surface area (Å²) in [5.74, 6) is 0.525. The van der Waals surface area contributed by atoms with Gasteiger partial charge < -0.3 is 4.74 Å². The van der Waals surface area contributed by atoms with Gasteiger partial charge in [0.05, 0.1) is 17.6 Å². The largest absolute Gasteiger partial charge is 0.491 e. The van der Waals surface area contributed by atoms with Crippen LogP contribution < -0.4 is 4.74 Å². The Kier molecular flexibility index (Phi) is 5.41. The number of imide groups is 1. The van der Waals surface area contributed by atoms with Gasteiger partial charge in [-0.25, -0.2) is 0 Å². The lowest BCUT2D eigenvalue weighted by Gasteiger charge is -2.14. The van der Waals surface area contributed by atoms with Crippen LogP contribution in [0.4, 0.5) is 4.79 Å². The van der Waals surface area contributed by atoms with Gasteiger partial charge in [-0.2, -0.15) is 0 Å². The highest BCUT2D eigenvalue weighted by Crippen LogP contribution is 2.34. The summed E-state index contributed by atoms with van der Waals surface area (Å²) >= 11 is 0.983. The highest BCUT2D eigenvalue weighted by Gasteiger charge is 2.35. The molecule has 0 unspecified atom stereocenters. The number of amides is 2. The maximum Gasteiger partial charge on any atom is 0.293 e. The number of rotatable bonds is 5. The molecule has 1 fully saturated rings. The lowest BCUT2D eigenvalue weighted by atomic mass is 10.0. The van der Waals surface area contributed by atoms with E-state index in [2.05, 4.69) is 0 Å². The fourth-order valence-corrected chi connectivity index (χ4v) is 4.14. The molecule has 1 aliphatic heterocycles. The average Bonchev–Trinajstić information content (AvgIpc) is 2.97. The molecule has 4 rings (SSSR count). The van der Waals surface area contributed by atoms with Gasteiger partial charge in [-0.05, 0) is 65.7 Å². The number of carbonyl (C=O) groups excluding carboxylic acids is 2. The lowest BCUT2D eigenvalue weighted by Crippen LogP contribution is -2.27. The highest BCUT2D eigenvalue weighted by atomic mass is 32.2. The normalized spacial score (nSPS) is 15.7. The minimum absolute atomic E-state index is 0.103. The van der Waals surface area contributed by atoms with E-state index in [1.54, 1.807) is 6.08 Å². The van der Waals surface area contributed by atoms with Gasteiger partial charge in [0.1, 0.15) is 5.75 Å². The number of hydrogen-bond donors (Lipinski definition) is 0. The second-order valence-electron chi connectivity index (χ2n) is 7.14. The predicted molar refractivity (Wildman–Crippen MR) is 118 cm³/mol. The Hall–Kier alpha value is -3.05. The molecule has 0 N–H and O–H groups in total. The molecule has 0 spiro atoms. The van der Waals surface area contributed by atoms with Crippen LogP contribution in [0.3, 0.4) is 0 Å². The SMILES string of the molecule is CC(C)Oc1ccc(/C=C2\SC(=O)N(Cc3cccc4ccccc34)C2=O)cc1. The van der Waals surface area contributed by atoms with Gasteiger partial charge >= 0.3 is 0 Å². The Balaban J connectivity index is 1.55. The second-order valence-corrected chi connectivity index (χ2v) is 8.13. The highest BCUT2D eigenvalue weighted by molar-refractivity contribution is 8.18. The van der Waals surface area contributed by atoms with Gasteiger partial charge in [0.15, 0.2) is 0 Å². The summed E-state index contributed by atoms with van der Waals surface area (Å²) in [5, 5.41) is 1.91. The number of fused-ring (bicyclic) bond motifs is 1. The summed E-state index contributed by atoms with van der Waals surface area (Å²) in [6.07, 6.45) is 1.86. The molecule has 3 aromatic carbocycles. The van der Waals surface area contributed by atoms with Crippen LogP contribution in [-0.2, 0) is 11.3 Å². The number of hydrogen-bond acceptors (Lipinski definition) is 4. The van der Waals surface area contributed by atoms with Gasteiger partial charge in [-0.1, -0.05) is 54.6 Å². The third-order valence-corrected chi connectivity index (χ3v) is 5.54. The smallest absolute Gasteiger partial charge is 0.293 e. The van der Waals surface area contributed by atoms with Crippen molar-refractivity contribution in [1.29, 1.82) is 0 Å². The van der Waals surface area contributed by atoms with E-state index in [1.807, 2.05) is 80.6 Å². The van der Waals surface area contributed by atoms with Crippen molar-refractivity contribution >= 4 is 39.8 Å². The van der Waals surface area contributed by atoms with Crippen molar-refractivity contribution in [3.05, 3.63) is 82.8 Å². The number of nitrogens with zero attached hydrogens (tertiary/aromatic N) is 1. The molecule has 1 aliphatic rings. The second kappa shape index (κ2) is 8.13. The van der Waals surface area contributed by atoms with Crippen LogP contribution in [0, 0.1) is 0 Å². The number of thioether (sulfide) groups is 1. The molecule has 4 nitrogen and oxygen atoms in total. The number of ether oxygens (including phenoxy) is 1. The van der Waals surface area contributed by atoms with Crippen LogP contribution in [-0.4, -0.2) is 22.2 Å². The van der Waals surface area contributed by atoms with Crippen LogP contribution in [0.2, 0.25) is 0 Å². The molecule has 3 aromatic rings. The monoisotopic (exact) mass is 403 g/mol. The topological polar surface area (TPSA) is 46.6 Å². The zero-order chi connectivity index (χ0) is 20.4. The van der Waals surface area contributed by atoms with E-state index >= 15 is 0 Å². The molecule has 2 amide bonds. The molecule has 0 aliphatic carbocycles. The Morgan fingerprint density at radius 1 is 0.966 bits per heavy atom. The van der Waals surface area contributed by atoms with E-state index in [9.17, 15) is 9.59 Å². The van der Waals surface area contributed by atoms with Gasteiger partial charge in [0.25, 0.3) is 11.1 Å². The summed E-state index contributed by atoms with van der Waals surface area (Å²) in [6.45, 7) is 4.21. The molecule has 0 saturated carbocycles. The van der Waals surface area contributed by atoms with Crippen molar-refractivity contribution in [3.8, 4) is 5.75 Å². The Morgan fingerprint density at radius 2 is 1.69 bits per heavy atom. The molecule has 0 atom stereocenters. The first kappa shape index (κ1) is 19.3. The molecular weight excluding hydrogens is 382 g/mol. The first-order valence-electron chi connectivity index (χ1n) is 9.50. The number of benzene rings is 3. The van der Waals surface area contributed by atoms with Gasteiger partial charge in [0.2, 0.25) is 0 Å². The molecule has 0 aromatic heterocycles. The van der Waals surface area contributed by atoms with Crippen LogP contribution in [0.1, 0.15) is 25.0 Å². The Bertz CT molecular complexity index is 1100. The van der Waals surface area contributed by atoms with Crippen molar-refractivity contribution in [2.24, 2.45) is 0 Å². The first-order valence-corrected chi connectivity index (χ1v) is 10.3. The van der Waals surface area contributed by atoms with Crippen molar-refractivity contribution in [3.63, 3.8) is 0 Å². The van der Waals surface area contributed by atoms with Crippen LogP contribution in [0.5, 0.6) is 5.75 Å². The van der Waals surface area contributed by atoms with Gasteiger partial charge in [-0.15, -0.1) is 0 Å². The molecule has 29 heavy (non-hydrogen) atoms. The maximum atomic E-state index is 12.9. The van der Waals surface area contributed by atoms with Crippen LogP contribution in [0.15, 0.2) is 71.6 Å². The zero-order valence-electron chi connectivity index (χ0n) is 16.3. The lowest BCUT2D eigenvalue weighted by molar-refractivity contribution is -0.123. The summed E-state index contributed by atoms with van der Waals surface area (Å²) < 4.78 is 5.64. The van der Waals surface area contributed by atoms with E-state index in [0.29, 0.717) is 4.91 Å². The Morgan fingerprint density at radius 3 is 2.45 bits per heavy atom. The van der Waals surface area contributed by atoms with E-state index in [0.717, 1.165) is 39.4 Å². The van der Waals surface area contributed by atoms with Crippen molar-refractivity contribution in [1.82, 2.24) is 4.90 Å². The van der Waals surface area contributed by atoms with E-state index in [1.165, 1.54) is 4.90 Å². The minimum Gasteiger partial charge on any atom is -0.491 e. The van der Waals surface area contributed by atoms with Gasteiger partial charge in [0, 0.05) is 0 Å². The van der Waals surface area contributed by atoms with Gasteiger partial charge in [-0.3, -0.25) is 14.5 Å². The third kappa shape index (κ3) is 4.20. The first-order chi connectivity index (χ1) is 14.0. The molecule has 5 heteroatoms. The van der Waals surface area contributed by atoms with Crippen molar-refractivity contribution in [2.75, 3.05) is 0 Å². The summed E-state index contributed by atoms with van der Waals surface area (Å²) in [5.41, 5.74) is 1.82. The predicted octanol–water partition coefficient (Wildman–Crippen LogP) is 5.86. The van der Waals surface area contributed by atoms with Crippen molar-refractivity contribution < 1.29 is 14.3 Å². The molecule has 146 valence electrons. The molecular formula is C24H21NO3S. The fourth-order valence-electron chi connectivity index (χ4n) is 3.30.